The summed E-state index contributed by atoms with van der Waals surface area (Å²) in [5.41, 5.74) is 0. The van der Waals surface area contributed by atoms with E-state index in [1.54, 1.807) is 33.2 Å². The molecule has 0 fully saturated rings. The van der Waals surface area contributed by atoms with E-state index in [1.165, 1.54) is 0 Å². The number of aromatic nitrogens is 2. The number of hydrogen-bond donors (Lipinski definition) is 2. The third kappa shape index (κ3) is 2.69. The van der Waals surface area contributed by atoms with Gasteiger partial charge in [0, 0.05) is 13.2 Å². The molecule has 0 unspecified atom stereocenters. The van der Waals surface area contributed by atoms with Crippen molar-refractivity contribution < 1.29 is 4.79 Å². The summed E-state index contributed by atoms with van der Waals surface area (Å²) in [6.45, 7) is 3.58. The topological polar surface area (TPSA) is 66.9 Å². The Morgan fingerprint density at radius 2 is 2.29 bits per heavy atom. The van der Waals surface area contributed by atoms with Crippen molar-refractivity contribution in [3.05, 3.63) is 18.1 Å². The molecule has 14 heavy (non-hydrogen) atoms. The Hall–Kier alpha value is -1.65. The Labute approximate surface area is 83.0 Å². The largest absolute Gasteiger partial charge is 0.359 e. The Morgan fingerprint density at radius 3 is 2.86 bits per heavy atom. The van der Waals surface area contributed by atoms with Gasteiger partial charge in [-0.3, -0.25) is 4.79 Å². The summed E-state index contributed by atoms with van der Waals surface area (Å²) in [4.78, 5) is 19.3. The monoisotopic (exact) mass is 194 g/mol. The summed E-state index contributed by atoms with van der Waals surface area (Å²) in [5, 5.41) is 5.52. The van der Waals surface area contributed by atoms with Crippen LogP contribution in [0.25, 0.3) is 0 Å². The second kappa shape index (κ2) is 4.55. The van der Waals surface area contributed by atoms with Crippen LogP contribution in [-0.2, 0) is 4.79 Å². The number of carbonyl (C=O) groups is 1. The fourth-order valence-electron chi connectivity index (χ4n) is 1.04. The molecule has 1 rings (SSSR count). The summed E-state index contributed by atoms with van der Waals surface area (Å²) in [7, 11) is 1.60. The molecular weight excluding hydrogens is 180 g/mol. The smallest absolute Gasteiger partial charge is 0.241 e. The van der Waals surface area contributed by atoms with Crippen LogP contribution in [0.2, 0.25) is 0 Å². The summed E-state index contributed by atoms with van der Waals surface area (Å²) >= 11 is 0. The number of nitrogens with zero attached hydrogens (tertiary/aromatic N) is 2. The third-order valence-electron chi connectivity index (χ3n) is 1.78. The summed E-state index contributed by atoms with van der Waals surface area (Å²) in [6, 6.07) is 1.43. The zero-order valence-electron chi connectivity index (χ0n) is 8.53. The maximum absolute atomic E-state index is 11.2. The fourth-order valence-corrected chi connectivity index (χ4v) is 1.04. The van der Waals surface area contributed by atoms with E-state index in [4.69, 9.17) is 0 Å². The second-order valence-electron chi connectivity index (χ2n) is 2.97. The van der Waals surface area contributed by atoms with E-state index < -0.39 is 0 Å². The van der Waals surface area contributed by atoms with Crippen LogP contribution in [0.3, 0.4) is 0 Å². The number of anilines is 1. The van der Waals surface area contributed by atoms with Gasteiger partial charge in [0.05, 0.1) is 0 Å². The molecule has 0 aromatic carbocycles. The quantitative estimate of drug-likeness (QED) is 0.727. The number of likely N-dealkylation sites (N-methyl/N-ethyl adjacent to an activating group) is 1. The van der Waals surface area contributed by atoms with Gasteiger partial charge < -0.3 is 10.6 Å². The van der Waals surface area contributed by atoms with Gasteiger partial charge in [0.15, 0.2) is 0 Å². The highest BCUT2D eigenvalue weighted by atomic mass is 16.2. The van der Waals surface area contributed by atoms with Gasteiger partial charge in [0.1, 0.15) is 17.7 Å². The highest BCUT2D eigenvalue weighted by Gasteiger charge is 2.10. The van der Waals surface area contributed by atoms with E-state index in [-0.39, 0.29) is 11.9 Å². The van der Waals surface area contributed by atoms with Gasteiger partial charge in [0.2, 0.25) is 5.91 Å². The van der Waals surface area contributed by atoms with Crippen LogP contribution in [0.1, 0.15) is 12.7 Å². The van der Waals surface area contributed by atoms with Gasteiger partial charge in [0.25, 0.3) is 0 Å². The number of hydrogen-bond acceptors (Lipinski definition) is 4. The Morgan fingerprint density at radius 1 is 1.57 bits per heavy atom. The Kier molecular flexibility index (Phi) is 3.39. The SMILES string of the molecule is CNC(=O)[C@H](C)Nc1ccnc(C)n1. The van der Waals surface area contributed by atoms with Crippen LogP contribution in [0.15, 0.2) is 12.3 Å². The molecule has 1 heterocycles. The molecule has 0 spiro atoms. The molecule has 1 aromatic rings. The van der Waals surface area contributed by atoms with Gasteiger partial charge in [-0.25, -0.2) is 9.97 Å². The number of rotatable bonds is 3. The second-order valence-corrected chi connectivity index (χ2v) is 2.97. The highest BCUT2D eigenvalue weighted by molar-refractivity contribution is 5.83. The van der Waals surface area contributed by atoms with Gasteiger partial charge in [-0.15, -0.1) is 0 Å². The minimum Gasteiger partial charge on any atom is -0.359 e. The summed E-state index contributed by atoms with van der Waals surface area (Å²) in [6.07, 6.45) is 1.65. The van der Waals surface area contributed by atoms with Crippen molar-refractivity contribution in [2.75, 3.05) is 12.4 Å². The molecule has 5 heteroatoms. The molecule has 0 saturated heterocycles. The first kappa shape index (κ1) is 10.4. The molecule has 0 saturated carbocycles. The molecular formula is C9H14N4O. The highest BCUT2D eigenvalue weighted by Crippen LogP contribution is 2.03. The normalized spacial score (nSPS) is 11.9. The maximum atomic E-state index is 11.2. The third-order valence-corrected chi connectivity index (χ3v) is 1.78. The minimum atomic E-state index is -0.297. The molecule has 1 amide bonds. The van der Waals surface area contributed by atoms with Gasteiger partial charge in [-0.05, 0) is 19.9 Å². The predicted molar refractivity (Wildman–Crippen MR) is 53.9 cm³/mol. The van der Waals surface area contributed by atoms with Crippen LogP contribution in [-0.4, -0.2) is 29.0 Å². The van der Waals surface area contributed by atoms with Crippen LogP contribution in [0.4, 0.5) is 5.82 Å². The summed E-state index contributed by atoms with van der Waals surface area (Å²) in [5.74, 6) is 1.27. The first-order valence-corrected chi connectivity index (χ1v) is 4.41. The van der Waals surface area contributed by atoms with E-state index in [0.717, 1.165) is 0 Å². The lowest BCUT2D eigenvalue weighted by molar-refractivity contribution is -0.121. The van der Waals surface area contributed by atoms with Crippen molar-refractivity contribution in [3.8, 4) is 0 Å². The van der Waals surface area contributed by atoms with E-state index in [0.29, 0.717) is 11.6 Å². The van der Waals surface area contributed by atoms with Crippen LogP contribution in [0.5, 0.6) is 0 Å². The lowest BCUT2D eigenvalue weighted by Gasteiger charge is -2.12. The molecule has 0 aliphatic carbocycles. The first-order chi connectivity index (χ1) is 6.63. The summed E-state index contributed by atoms with van der Waals surface area (Å²) < 4.78 is 0. The number of nitrogens with one attached hydrogen (secondary N) is 2. The van der Waals surface area contributed by atoms with E-state index >= 15 is 0 Å². The Bertz CT molecular complexity index is 326. The first-order valence-electron chi connectivity index (χ1n) is 4.41. The van der Waals surface area contributed by atoms with Crippen LogP contribution < -0.4 is 10.6 Å². The van der Waals surface area contributed by atoms with E-state index in [2.05, 4.69) is 20.6 Å². The van der Waals surface area contributed by atoms with E-state index in [9.17, 15) is 4.79 Å². The molecule has 0 aliphatic rings. The predicted octanol–water partition coefficient (Wildman–Crippen LogP) is 0.331. The molecule has 0 aliphatic heterocycles. The van der Waals surface area contributed by atoms with Gasteiger partial charge in [-0.1, -0.05) is 0 Å². The zero-order chi connectivity index (χ0) is 10.6. The average Bonchev–Trinajstić information content (AvgIpc) is 2.16. The number of carbonyl (C=O) groups excluding carboxylic acids is 1. The fraction of sp³-hybridized carbons (Fsp3) is 0.444. The average molecular weight is 194 g/mol. The van der Waals surface area contributed by atoms with Crippen molar-refractivity contribution in [1.82, 2.24) is 15.3 Å². The standard InChI is InChI=1S/C9H14N4O/c1-6(9(14)10-3)12-8-4-5-11-7(2)13-8/h4-6H,1-3H3,(H,10,14)(H,11,12,13)/t6-/m0/s1. The Balaban J connectivity index is 2.64. The van der Waals surface area contributed by atoms with Crippen molar-refractivity contribution in [2.45, 2.75) is 19.9 Å². The molecule has 0 bridgehead atoms. The van der Waals surface area contributed by atoms with Gasteiger partial charge >= 0.3 is 0 Å². The maximum Gasteiger partial charge on any atom is 0.241 e. The molecule has 5 nitrogen and oxygen atoms in total. The van der Waals surface area contributed by atoms with Crippen molar-refractivity contribution in [2.24, 2.45) is 0 Å². The van der Waals surface area contributed by atoms with Crippen LogP contribution in [0, 0.1) is 6.92 Å². The van der Waals surface area contributed by atoms with Crippen molar-refractivity contribution >= 4 is 11.7 Å². The van der Waals surface area contributed by atoms with Crippen LogP contribution >= 0.6 is 0 Å². The minimum absolute atomic E-state index is 0.0683. The lowest BCUT2D eigenvalue weighted by atomic mass is 10.3. The van der Waals surface area contributed by atoms with E-state index in [1.807, 2.05) is 0 Å². The lowest BCUT2D eigenvalue weighted by Crippen LogP contribution is -2.35. The molecule has 2 N–H and O–H groups in total. The van der Waals surface area contributed by atoms with Crippen molar-refractivity contribution in [1.29, 1.82) is 0 Å². The number of aryl methyl sites for hydroxylation is 1. The molecule has 76 valence electrons. The number of amides is 1. The molecule has 0 radical (unpaired) electrons. The molecule has 1 aromatic heterocycles. The zero-order valence-corrected chi connectivity index (χ0v) is 8.53. The molecule has 1 atom stereocenters. The van der Waals surface area contributed by atoms with Crippen molar-refractivity contribution in [3.63, 3.8) is 0 Å². The van der Waals surface area contributed by atoms with Gasteiger partial charge in [-0.2, -0.15) is 0 Å².